The van der Waals surface area contributed by atoms with E-state index in [9.17, 15) is 13.2 Å². The zero-order valence-electron chi connectivity index (χ0n) is 10.1. The lowest BCUT2D eigenvalue weighted by Crippen LogP contribution is -2.37. The lowest BCUT2D eigenvalue weighted by molar-refractivity contribution is 0.0939. The first-order valence-electron chi connectivity index (χ1n) is 4.99. The van der Waals surface area contributed by atoms with Crippen molar-refractivity contribution in [1.29, 1.82) is 0 Å². The van der Waals surface area contributed by atoms with E-state index >= 15 is 0 Å². The van der Waals surface area contributed by atoms with Gasteiger partial charge in [-0.1, -0.05) is 6.07 Å². The van der Waals surface area contributed by atoms with Gasteiger partial charge >= 0.3 is 0 Å². The van der Waals surface area contributed by atoms with Gasteiger partial charge in [0.15, 0.2) is 0 Å². The van der Waals surface area contributed by atoms with Crippen LogP contribution in [-0.2, 0) is 9.84 Å². The number of sulfone groups is 1. The molecule has 0 aromatic carbocycles. The molecule has 3 N–H and O–H groups in total. The Balaban J connectivity index is 0.00000289. The molecule has 0 saturated carbocycles. The molecule has 0 aliphatic carbocycles. The molecule has 1 unspecified atom stereocenters. The number of hydrogen-bond donors (Lipinski definition) is 2. The Morgan fingerprint density at radius 1 is 1.50 bits per heavy atom. The molecule has 102 valence electrons. The number of nitrogens with two attached hydrogens (primary N) is 1. The Bertz CT molecular complexity index is 519. The number of amides is 1. The van der Waals surface area contributed by atoms with E-state index in [-0.39, 0.29) is 29.7 Å². The minimum Gasteiger partial charge on any atom is -0.384 e. The fraction of sp³-hybridized carbons (Fsp3) is 0.400. The molecule has 0 aliphatic heterocycles. The van der Waals surface area contributed by atoms with Gasteiger partial charge in [0.1, 0.15) is 21.3 Å². The van der Waals surface area contributed by atoms with Crippen LogP contribution in [0.25, 0.3) is 0 Å². The van der Waals surface area contributed by atoms with E-state index in [2.05, 4.69) is 10.3 Å². The summed E-state index contributed by atoms with van der Waals surface area (Å²) in [7, 11) is -3.12. The van der Waals surface area contributed by atoms with Gasteiger partial charge in [-0.15, -0.1) is 12.4 Å². The average molecular weight is 294 g/mol. The van der Waals surface area contributed by atoms with Crippen molar-refractivity contribution in [3.05, 3.63) is 23.9 Å². The molecule has 0 saturated heterocycles. The number of rotatable bonds is 4. The first-order valence-corrected chi connectivity index (χ1v) is 7.05. The monoisotopic (exact) mass is 293 g/mol. The molecule has 1 rings (SSSR count). The van der Waals surface area contributed by atoms with Crippen LogP contribution in [0.4, 0.5) is 5.82 Å². The Morgan fingerprint density at radius 2 is 2.11 bits per heavy atom. The summed E-state index contributed by atoms with van der Waals surface area (Å²) in [6.45, 7) is 1.62. The third-order valence-electron chi connectivity index (χ3n) is 1.93. The molecule has 1 aromatic heterocycles. The number of anilines is 1. The second kappa shape index (κ2) is 6.55. The number of hydrogen-bond acceptors (Lipinski definition) is 5. The summed E-state index contributed by atoms with van der Waals surface area (Å²) in [6, 6.07) is 4.22. The molecule has 1 aromatic rings. The molecule has 6 nitrogen and oxygen atoms in total. The largest absolute Gasteiger partial charge is 0.384 e. The predicted molar refractivity (Wildman–Crippen MR) is 72.5 cm³/mol. The van der Waals surface area contributed by atoms with Crippen molar-refractivity contribution in [2.75, 3.05) is 17.7 Å². The molecule has 1 heterocycles. The fourth-order valence-corrected chi connectivity index (χ4v) is 2.36. The second-order valence-corrected chi connectivity index (χ2v) is 6.10. The van der Waals surface area contributed by atoms with E-state index in [1.165, 1.54) is 6.07 Å². The van der Waals surface area contributed by atoms with Gasteiger partial charge < -0.3 is 11.1 Å². The lowest BCUT2D eigenvalue weighted by Gasteiger charge is -2.12. The molecule has 0 aliphatic rings. The van der Waals surface area contributed by atoms with Crippen molar-refractivity contribution >= 4 is 34.0 Å². The standard InChI is InChI=1S/C10H15N3O3S.ClH/c1-7(6-17(2,15)16)12-10(14)8-4-3-5-9(11)13-8;/h3-5,7H,6H2,1-2H3,(H2,11,13)(H,12,14);1H. The van der Waals surface area contributed by atoms with Crippen molar-refractivity contribution in [2.24, 2.45) is 0 Å². The maximum Gasteiger partial charge on any atom is 0.270 e. The highest BCUT2D eigenvalue weighted by Gasteiger charge is 2.15. The quantitative estimate of drug-likeness (QED) is 0.828. The summed E-state index contributed by atoms with van der Waals surface area (Å²) < 4.78 is 22.1. The third-order valence-corrected chi connectivity index (χ3v) is 3.04. The van der Waals surface area contributed by atoms with E-state index < -0.39 is 21.8 Å². The third kappa shape index (κ3) is 5.83. The lowest BCUT2D eigenvalue weighted by atomic mass is 10.3. The van der Waals surface area contributed by atoms with Crippen molar-refractivity contribution < 1.29 is 13.2 Å². The van der Waals surface area contributed by atoms with Crippen LogP contribution in [0.5, 0.6) is 0 Å². The summed E-state index contributed by atoms with van der Waals surface area (Å²) in [4.78, 5) is 15.5. The Kier molecular flexibility index (Phi) is 6.07. The Morgan fingerprint density at radius 3 is 2.61 bits per heavy atom. The number of halogens is 1. The minimum absolute atomic E-state index is 0. The summed E-state index contributed by atoms with van der Waals surface area (Å²) in [6.07, 6.45) is 1.12. The first-order chi connectivity index (χ1) is 7.78. The van der Waals surface area contributed by atoms with Gasteiger partial charge in [0, 0.05) is 12.3 Å². The van der Waals surface area contributed by atoms with Gasteiger partial charge in [0.2, 0.25) is 0 Å². The number of nitrogen functional groups attached to an aromatic ring is 1. The zero-order valence-corrected chi connectivity index (χ0v) is 11.7. The van der Waals surface area contributed by atoms with Gasteiger partial charge in [-0.25, -0.2) is 13.4 Å². The van der Waals surface area contributed by atoms with E-state index in [1.807, 2.05) is 0 Å². The first kappa shape index (κ1) is 16.7. The van der Waals surface area contributed by atoms with Crippen LogP contribution < -0.4 is 11.1 Å². The molecule has 1 amide bonds. The highest BCUT2D eigenvalue weighted by Crippen LogP contribution is 2.01. The maximum atomic E-state index is 11.7. The molecule has 0 spiro atoms. The summed E-state index contributed by atoms with van der Waals surface area (Å²) in [5.74, 6) is -0.303. The summed E-state index contributed by atoms with van der Waals surface area (Å²) in [5.41, 5.74) is 5.61. The second-order valence-electron chi connectivity index (χ2n) is 3.91. The van der Waals surface area contributed by atoms with Crippen molar-refractivity contribution in [3.63, 3.8) is 0 Å². The zero-order chi connectivity index (χ0) is 13.1. The van der Waals surface area contributed by atoms with Crippen LogP contribution in [0.15, 0.2) is 18.2 Å². The van der Waals surface area contributed by atoms with E-state index in [4.69, 9.17) is 5.73 Å². The number of nitrogens with one attached hydrogen (secondary N) is 1. The number of carbonyl (C=O) groups is 1. The number of pyridine rings is 1. The van der Waals surface area contributed by atoms with Crippen LogP contribution in [0.3, 0.4) is 0 Å². The van der Waals surface area contributed by atoms with Crippen LogP contribution in [-0.4, -0.2) is 37.4 Å². The van der Waals surface area contributed by atoms with E-state index in [0.29, 0.717) is 0 Å². The Labute approximate surface area is 112 Å². The highest BCUT2D eigenvalue weighted by molar-refractivity contribution is 7.90. The maximum absolute atomic E-state index is 11.7. The SMILES string of the molecule is CC(CS(C)(=O)=O)NC(=O)c1cccc(N)n1.Cl. The average Bonchev–Trinajstić information content (AvgIpc) is 2.14. The Hall–Kier alpha value is -1.34. The number of nitrogens with zero attached hydrogens (tertiary/aromatic N) is 1. The summed E-state index contributed by atoms with van der Waals surface area (Å²) >= 11 is 0. The molecule has 0 bridgehead atoms. The highest BCUT2D eigenvalue weighted by atomic mass is 35.5. The van der Waals surface area contributed by atoms with Gasteiger partial charge in [-0.3, -0.25) is 4.79 Å². The smallest absolute Gasteiger partial charge is 0.270 e. The summed E-state index contributed by atoms with van der Waals surface area (Å²) in [5, 5.41) is 2.54. The van der Waals surface area contributed by atoms with Crippen molar-refractivity contribution in [2.45, 2.75) is 13.0 Å². The molecular weight excluding hydrogens is 278 g/mol. The van der Waals surface area contributed by atoms with Gasteiger partial charge in [-0.2, -0.15) is 0 Å². The van der Waals surface area contributed by atoms with E-state index in [1.54, 1.807) is 19.1 Å². The molecule has 0 fully saturated rings. The molecular formula is C10H16ClN3O3S. The van der Waals surface area contributed by atoms with Crippen molar-refractivity contribution in [1.82, 2.24) is 10.3 Å². The number of aromatic nitrogens is 1. The van der Waals surface area contributed by atoms with Crippen molar-refractivity contribution in [3.8, 4) is 0 Å². The predicted octanol–water partition coefficient (Wildman–Crippen LogP) is 0.248. The normalized spacial score (nSPS) is 12.3. The molecule has 1 atom stereocenters. The van der Waals surface area contributed by atoms with E-state index in [0.717, 1.165) is 6.26 Å². The van der Waals surface area contributed by atoms with Crippen LogP contribution >= 0.6 is 12.4 Å². The number of carbonyl (C=O) groups excluding carboxylic acids is 1. The topological polar surface area (TPSA) is 102 Å². The molecule has 18 heavy (non-hydrogen) atoms. The minimum atomic E-state index is -3.12. The molecule has 0 radical (unpaired) electrons. The van der Waals surface area contributed by atoms with Gasteiger partial charge in [0.25, 0.3) is 5.91 Å². The van der Waals surface area contributed by atoms with Crippen LogP contribution in [0.1, 0.15) is 17.4 Å². The van der Waals surface area contributed by atoms with Gasteiger partial charge in [0.05, 0.1) is 5.75 Å². The van der Waals surface area contributed by atoms with Gasteiger partial charge in [-0.05, 0) is 19.1 Å². The fourth-order valence-electron chi connectivity index (χ4n) is 1.37. The van der Waals surface area contributed by atoms with Crippen LogP contribution in [0.2, 0.25) is 0 Å². The van der Waals surface area contributed by atoms with Crippen LogP contribution in [0, 0.1) is 0 Å². The molecule has 8 heteroatoms.